The number of nitrogens with zero attached hydrogens (tertiary/aromatic N) is 6. The zero-order valence-electron chi connectivity index (χ0n) is 20.0. The van der Waals surface area contributed by atoms with Crippen LogP contribution in [-0.2, 0) is 13.1 Å². The molecule has 1 aliphatic heterocycles. The number of allylic oxidation sites excluding steroid dienone is 1. The molecule has 1 aromatic carbocycles. The predicted molar refractivity (Wildman–Crippen MR) is 138 cm³/mol. The summed E-state index contributed by atoms with van der Waals surface area (Å²) in [5.74, 6) is 0.384. The molecule has 2 N–H and O–H groups in total. The summed E-state index contributed by atoms with van der Waals surface area (Å²) in [4.78, 5) is 19.1. The first-order chi connectivity index (χ1) is 17.1. The molecule has 0 unspecified atom stereocenters. The lowest BCUT2D eigenvalue weighted by molar-refractivity contribution is 0.316. The summed E-state index contributed by atoms with van der Waals surface area (Å²) in [7, 11) is 1.52. The Bertz CT molecular complexity index is 1280. The number of rotatable bonds is 10. The molecule has 1 saturated heterocycles. The van der Waals surface area contributed by atoms with Crippen molar-refractivity contribution in [3.63, 3.8) is 0 Å². The van der Waals surface area contributed by atoms with Gasteiger partial charge < -0.3 is 15.4 Å². The van der Waals surface area contributed by atoms with Gasteiger partial charge in [-0.3, -0.25) is 14.5 Å². The maximum absolute atomic E-state index is 12.1. The van der Waals surface area contributed by atoms with Crippen molar-refractivity contribution < 1.29 is 4.74 Å². The van der Waals surface area contributed by atoms with E-state index < -0.39 is 0 Å². The van der Waals surface area contributed by atoms with Crippen LogP contribution < -0.4 is 16.0 Å². The van der Waals surface area contributed by atoms with Crippen molar-refractivity contribution in [1.82, 2.24) is 24.5 Å². The minimum atomic E-state index is -0.202. The van der Waals surface area contributed by atoms with Crippen molar-refractivity contribution in [2.75, 3.05) is 26.7 Å². The highest BCUT2D eigenvalue weighted by Gasteiger charge is 2.11. The average molecular weight is 474 g/mol. The fraction of sp³-hybridized carbons (Fsp3) is 0.308. The zero-order chi connectivity index (χ0) is 24.6. The number of nitrogens with two attached hydrogens (primary N) is 1. The molecular formula is C26H31N7O2. The van der Waals surface area contributed by atoms with Gasteiger partial charge in [0.2, 0.25) is 5.88 Å². The summed E-state index contributed by atoms with van der Waals surface area (Å²) in [5, 5.41) is 8.67. The summed E-state index contributed by atoms with van der Waals surface area (Å²) in [6.07, 6.45) is 9.58. The largest absolute Gasteiger partial charge is 0.480 e. The number of aliphatic imine (C=N–C) groups is 1. The van der Waals surface area contributed by atoms with Crippen LogP contribution in [0.5, 0.6) is 5.88 Å². The molecule has 9 nitrogen and oxygen atoms in total. The van der Waals surface area contributed by atoms with Gasteiger partial charge in [-0.25, -0.2) is 4.68 Å². The van der Waals surface area contributed by atoms with E-state index in [1.54, 1.807) is 18.5 Å². The van der Waals surface area contributed by atoms with Gasteiger partial charge in [-0.05, 0) is 43.1 Å². The molecule has 4 rings (SSSR count). The molecule has 9 heteroatoms. The molecule has 1 fully saturated rings. The molecule has 0 aliphatic carbocycles. The Labute approximate surface area is 204 Å². The Morgan fingerprint density at radius 3 is 2.80 bits per heavy atom. The first-order valence-corrected chi connectivity index (χ1v) is 11.7. The molecule has 0 amide bonds. The highest BCUT2D eigenvalue weighted by Crippen LogP contribution is 2.18. The van der Waals surface area contributed by atoms with Gasteiger partial charge in [0.25, 0.3) is 5.56 Å². The first kappa shape index (κ1) is 24.2. The summed E-state index contributed by atoms with van der Waals surface area (Å²) < 4.78 is 8.43. The average Bonchev–Trinajstić information content (AvgIpc) is 3.57. The highest BCUT2D eigenvalue weighted by molar-refractivity contribution is 6.10. The van der Waals surface area contributed by atoms with E-state index in [1.165, 1.54) is 50.0 Å². The lowest BCUT2D eigenvalue weighted by atomic mass is 10.1. The van der Waals surface area contributed by atoms with Crippen molar-refractivity contribution in [3.05, 3.63) is 88.6 Å². The Morgan fingerprint density at radius 1 is 1.20 bits per heavy atom. The zero-order valence-corrected chi connectivity index (χ0v) is 20.0. The van der Waals surface area contributed by atoms with Crippen LogP contribution >= 0.6 is 0 Å². The summed E-state index contributed by atoms with van der Waals surface area (Å²) in [6, 6.07) is 10.7. The fourth-order valence-corrected chi connectivity index (χ4v) is 4.00. The number of hydrogen-bond acceptors (Lipinski definition) is 7. The van der Waals surface area contributed by atoms with Crippen LogP contribution in [0.25, 0.3) is 11.3 Å². The predicted octanol–water partition coefficient (Wildman–Crippen LogP) is 2.63. The van der Waals surface area contributed by atoms with Crippen molar-refractivity contribution in [2.24, 2.45) is 10.7 Å². The number of likely N-dealkylation sites (tertiary alicyclic amines) is 1. The minimum Gasteiger partial charge on any atom is -0.480 e. The first-order valence-electron chi connectivity index (χ1n) is 11.7. The van der Waals surface area contributed by atoms with E-state index in [0.29, 0.717) is 18.1 Å². The van der Waals surface area contributed by atoms with E-state index in [9.17, 15) is 4.79 Å². The highest BCUT2D eigenvalue weighted by atomic mass is 16.5. The van der Waals surface area contributed by atoms with Crippen LogP contribution in [0.2, 0.25) is 0 Å². The van der Waals surface area contributed by atoms with E-state index >= 15 is 0 Å². The number of hydrogen-bond donors (Lipinski definition) is 1. The van der Waals surface area contributed by atoms with Crippen molar-refractivity contribution in [2.45, 2.75) is 25.9 Å². The van der Waals surface area contributed by atoms with Gasteiger partial charge >= 0.3 is 0 Å². The molecule has 3 heterocycles. The third kappa shape index (κ3) is 6.33. The Kier molecular flexibility index (Phi) is 7.89. The van der Waals surface area contributed by atoms with Gasteiger partial charge in [-0.1, -0.05) is 24.8 Å². The minimum absolute atomic E-state index is 0.202. The van der Waals surface area contributed by atoms with Gasteiger partial charge in [0, 0.05) is 48.4 Å². The molecule has 0 saturated carbocycles. The molecule has 1 aliphatic rings. The second kappa shape index (κ2) is 11.4. The summed E-state index contributed by atoms with van der Waals surface area (Å²) >= 11 is 0. The van der Waals surface area contributed by atoms with E-state index in [-0.39, 0.29) is 5.56 Å². The Hall–Kier alpha value is -3.98. The Morgan fingerprint density at radius 2 is 2.03 bits per heavy atom. The van der Waals surface area contributed by atoms with Crippen LogP contribution in [0.15, 0.2) is 71.4 Å². The van der Waals surface area contributed by atoms with Gasteiger partial charge in [0.15, 0.2) is 0 Å². The number of benzene rings is 1. The lowest BCUT2D eigenvalue weighted by Crippen LogP contribution is -2.24. The third-order valence-electron chi connectivity index (χ3n) is 5.99. The normalized spacial score (nSPS) is 14.6. The van der Waals surface area contributed by atoms with Gasteiger partial charge in [-0.2, -0.15) is 5.10 Å². The van der Waals surface area contributed by atoms with Crippen molar-refractivity contribution in [3.8, 4) is 5.88 Å². The molecule has 182 valence electrons. The van der Waals surface area contributed by atoms with Crippen LogP contribution in [0.3, 0.4) is 0 Å². The fourth-order valence-electron chi connectivity index (χ4n) is 4.00. The number of methoxy groups -OCH3 is 1. The van der Waals surface area contributed by atoms with Crippen molar-refractivity contribution >= 4 is 17.5 Å². The molecule has 3 aromatic rings. The molecule has 0 spiro atoms. The summed E-state index contributed by atoms with van der Waals surface area (Å²) in [5.41, 5.74) is 9.67. The van der Waals surface area contributed by atoms with Gasteiger partial charge in [0.1, 0.15) is 0 Å². The monoisotopic (exact) mass is 473 g/mol. The Balaban J connectivity index is 1.41. The number of ether oxygens (including phenoxy) is 1. The van der Waals surface area contributed by atoms with Crippen LogP contribution in [-0.4, -0.2) is 57.4 Å². The van der Waals surface area contributed by atoms with Gasteiger partial charge in [-0.15, -0.1) is 5.10 Å². The van der Waals surface area contributed by atoms with E-state index in [1.807, 2.05) is 35.1 Å². The van der Waals surface area contributed by atoms with Crippen molar-refractivity contribution in [1.29, 1.82) is 0 Å². The molecule has 0 radical (unpaired) electrons. The quantitative estimate of drug-likeness (QED) is 0.454. The number of aromatic nitrogens is 4. The maximum Gasteiger partial charge on any atom is 0.267 e. The molecular weight excluding hydrogens is 442 g/mol. The van der Waals surface area contributed by atoms with Crippen LogP contribution in [0, 0.1) is 0 Å². The molecule has 0 atom stereocenters. The molecule has 35 heavy (non-hydrogen) atoms. The maximum atomic E-state index is 12.1. The van der Waals surface area contributed by atoms with Gasteiger partial charge in [0.05, 0.1) is 32.1 Å². The van der Waals surface area contributed by atoms with Crippen LogP contribution in [0.4, 0.5) is 0 Å². The lowest BCUT2D eigenvalue weighted by Gasteiger charge is -2.13. The summed E-state index contributed by atoms with van der Waals surface area (Å²) in [6.45, 7) is 8.60. The van der Waals surface area contributed by atoms with E-state index in [0.717, 1.165) is 35.4 Å². The second-order valence-corrected chi connectivity index (χ2v) is 8.44. The van der Waals surface area contributed by atoms with Crippen LogP contribution in [0.1, 0.15) is 29.5 Å². The second-order valence-electron chi connectivity index (χ2n) is 8.44. The third-order valence-corrected chi connectivity index (χ3v) is 5.99. The topological polar surface area (TPSA) is 104 Å². The molecule has 0 bridgehead atoms. The molecule has 2 aromatic heterocycles. The SMILES string of the molecule is C=C(N=C/C(=C\N)c1cnn(CCN2CCCC2)c1)c1cccc(Cn2nc(OC)ccc2=O)c1. The smallest absolute Gasteiger partial charge is 0.267 e. The van der Waals surface area contributed by atoms with E-state index in [4.69, 9.17) is 10.5 Å². The van der Waals surface area contributed by atoms with E-state index in [2.05, 4.69) is 26.7 Å². The standard InChI is InChI=1S/C26H31N7O2/c1-20(22-7-5-6-21(14-22)18-33-26(34)9-8-25(30-33)35-2)28-16-23(15-27)24-17-29-32(19-24)13-12-31-10-3-4-11-31/h5-9,14-17,19H,1,3-4,10-13,18,27H2,2H3/b23-15+,28-16?.